The van der Waals surface area contributed by atoms with E-state index in [2.05, 4.69) is 34.3 Å². The van der Waals surface area contributed by atoms with Gasteiger partial charge in [-0.2, -0.15) is 0 Å². The van der Waals surface area contributed by atoms with E-state index >= 15 is 0 Å². The molecule has 0 bridgehead atoms. The van der Waals surface area contributed by atoms with Crippen molar-refractivity contribution >= 4 is 22.6 Å². The van der Waals surface area contributed by atoms with Gasteiger partial charge in [0.2, 0.25) is 0 Å². The Kier molecular flexibility index (Phi) is 5.10. The highest BCUT2D eigenvalue weighted by Gasteiger charge is 2.22. The van der Waals surface area contributed by atoms with Crippen LogP contribution in [-0.2, 0) is 0 Å². The summed E-state index contributed by atoms with van der Waals surface area (Å²) in [4.78, 5) is 23.5. The molecular formula is C22H24N4O2. The molecule has 1 aliphatic heterocycles. The number of fused-ring (bicyclic) bond motifs is 1. The van der Waals surface area contributed by atoms with Gasteiger partial charge >= 0.3 is 0 Å². The Bertz CT molecular complexity index is 982. The minimum Gasteiger partial charge on any atom is -0.497 e. The average Bonchev–Trinajstić information content (AvgIpc) is 2.74. The Balaban J connectivity index is 1.44. The number of methoxy groups -OCH3 is 1. The van der Waals surface area contributed by atoms with Crippen LogP contribution in [0.3, 0.4) is 0 Å². The number of aromatic nitrogens is 2. The topological polar surface area (TPSA) is 67.3 Å². The molecule has 0 aliphatic carbocycles. The van der Waals surface area contributed by atoms with E-state index in [0.717, 1.165) is 48.4 Å². The first-order valence-corrected chi connectivity index (χ1v) is 9.55. The second-order valence-corrected chi connectivity index (χ2v) is 7.16. The molecule has 0 saturated carbocycles. The van der Waals surface area contributed by atoms with Crippen molar-refractivity contribution in [3.05, 3.63) is 59.9 Å². The Labute approximate surface area is 164 Å². The number of benzene rings is 1. The highest BCUT2D eigenvalue weighted by atomic mass is 16.5. The number of amides is 1. The molecule has 1 fully saturated rings. The number of piperidine rings is 1. The molecule has 3 aromatic rings. The normalized spacial score (nSPS) is 14.9. The molecule has 144 valence electrons. The predicted molar refractivity (Wildman–Crippen MR) is 110 cm³/mol. The van der Waals surface area contributed by atoms with Crippen molar-refractivity contribution in [3.63, 3.8) is 0 Å². The second-order valence-electron chi connectivity index (χ2n) is 7.16. The number of ether oxygens (including phenoxy) is 1. The maximum absolute atomic E-state index is 12.3. The lowest BCUT2D eigenvalue weighted by Crippen LogP contribution is -2.45. The quantitative estimate of drug-likeness (QED) is 0.756. The zero-order chi connectivity index (χ0) is 19.5. The van der Waals surface area contributed by atoms with Gasteiger partial charge in [0.05, 0.1) is 18.2 Å². The molecule has 1 saturated heterocycles. The number of aryl methyl sites for hydroxylation is 1. The lowest BCUT2D eigenvalue weighted by Gasteiger charge is -2.33. The van der Waals surface area contributed by atoms with Crippen LogP contribution < -0.4 is 15.0 Å². The van der Waals surface area contributed by atoms with Crippen LogP contribution in [0.2, 0.25) is 0 Å². The summed E-state index contributed by atoms with van der Waals surface area (Å²) in [5, 5.41) is 4.26. The van der Waals surface area contributed by atoms with E-state index in [-0.39, 0.29) is 11.9 Å². The number of rotatable bonds is 4. The molecule has 0 unspecified atom stereocenters. The molecule has 6 heteroatoms. The van der Waals surface area contributed by atoms with Crippen LogP contribution in [0.25, 0.3) is 10.9 Å². The van der Waals surface area contributed by atoms with Crippen molar-refractivity contribution in [2.45, 2.75) is 25.8 Å². The lowest BCUT2D eigenvalue weighted by atomic mass is 10.0. The number of anilines is 1. The molecule has 3 heterocycles. The van der Waals surface area contributed by atoms with Gasteiger partial charge in [-0.15, -0.1) is 0 Å². The predicted octanol–water partition coefficient (Wildman–Crippen LogP) is 3.35. The molecular weight excluding hydrogens is 352 g/mol. The summed E-state index contributed by atoms with van der Waals surface area (Å²) in [5.41, 5.74) is 2.75. The van der Waals surface area contributed by atoms with E-state index in [1.807, 2.05) is 12.1 Å². The van der Waals surface area contributed by atoms with E-state index in [1.54, 1.807) is 31.6 Å². The summed E-state index contributed by atoms with van der Waals surface area (Å²) in [6, 6.07) is 11.9. The summed E-state index contributed by atoms with van der Waals surface area (Å²) in [6.07, 6.45) is 5.05. The summed E-state index contributed by atoms with van der Waals surface area (Å²) >= 11 is 0. The highest BCUT2D eigenvalue weighted by Crippen LogP contribution is 2.27. The van der Waals surface area contributed by atoms with Crippen LogP contribution in [0.4, 0.5) is 5.82 Å². The summed E-state index contributed by atoms with van der Waals surface area (Å²) in [6.45, 7) is 3.83. The number of carbonyl (C=O) groups excluding carboxylic acids is 1. The van der Waals surface area contributed by atoms with Crippen molar-refractivity contribution in [1.29, 1.82) is 0 Å². The van der Waals surface area contributed by atoms with Gasteiger partial charge in [0.1, 0.15) is 11.6 Å². The number of hydrogen-bond donors (Lipinski definition) is 1. The third kappa shape index (κ3) is 3.76. The van der Waals surface area contributed by atoms with Crippen molar-refractivity contribution in [2.24, 2.45) is 0 Å². The molecule has 28 heavy (non-hydrogen) atoms. The van der Waals surface area contributed by atoms with Crippen LogP contribution in [0, 0.1) is 6.92 Å². The van der Waals surface area contributed by atoms with Gasteiger partial charge in [0, 0.05) is 43.0 Å². The molecule has 1 aliphatic rings. The molecule has 2 aromatic heterocycles. The molecule has 0 spiro atoms. The van der Waals surface area contributed by atoms with Gasteiger partial charge in [0.15, 0.2) is 0 Å². The van der Waals surface area contributed by atoms with Crippen LogP contribution in [0.5, 0.6) is 5.75 Å². The van der Waals surface area contributed by atoms with Crippen LogP contribution in [-0.4, -0.2) is 42.1 Å². The molecule has 0 radical (unpaired) electrons. The molecule has 0 atom stereocenters. The molecule has 6 nitrogen and oxygen atoms in total. The van der Waals surface area contributed by atoms with Crippen molar-refractivity contribution in [3.8, 4) is 5.75 Å². The molecule has 1 aromatic carbocycles. The molecule has 1 N–H and O–H groups in total. The van der Waals surface area contributed by atoms with Crippen molar-refractivity contribution in [2.75, 3.05) is 25.1 Å². The molecule has 1 amide bonds. The summed E-state index contributed by atoms with van der Waals surface area (Å²) in [7, 11) is 1.67. The zero-order valence-electron chi connectivity index (χ0n) is 16.2. The number of nitrogens with one attached hydrogen (secondary N) is 1. The fraction of sp³-hybridized carbons (Fsp3) is 0.318. The standard InChI is InChI=1S/C22H24N4O2/c1-15-12-21(25-20-13-18(28-2)5-6-19(15)20)26-10-7-17(8-11-26)24-22(27)16-4-3-9-23-14-16/h3-6,9,12-14,17H,7-8,10-11H2,1-2H3,(H,24,27). The number of nitrogens with zero attached hydrogens (tertiary/aromatic N) is 3. The van der Waals surface area contributed by atoms with E-state index in [1.165, 1.54) is 5.56 Å². The molecule has 4 rings (SSSR count). The van der Waals surface area contributed by atoms with Gasteiger partial charge in [-0.1, -0.05) is 0 Å². The fourth-order valence-corrected chi connectivity index (χ4v) is 3.67. The number of pyridine rings is 2. The van der Waals surface area contributed by atoms with Gasteiger partial charge in [-0.3, -0.25) is 9.78 Å². The third-order valence-electron chi connectivity index (χ3n) is 5.29. The smallest absolute Gasteiger partial charge is 0.253 e. The Morgan fingerprint density at radius 1 is 1.21 bits per heavy atom. The first-order valence-electron chi connectivity index (χ1n) is 9.55. The van der Waals surface area contributed by atoms with Crippen LogP contribution in [0.15, 0.2) is 48.8 Å². The maximum atomic E-state index is 12.3. The Morgan fingerprint density at radius 2 is 2.04 bits per heavy atom. The summed E-state index contributed by atoms with van der Waals surface area (Å²) in [5.74, 6) is 1.74. The van der Waals surface area contributed by atoms with E-state index in [9.17, 15) is 4.79 Å². The first kappa shape index (κ1) is 18.2. The SMILES string of the molecule is COc1ccc2c(C)cc(N3CCC(NC(=O)c4cccnc4)CC3)nc2c1. The van der Waals surface area contributed by atoms with E-state index in [4.69, 9.17) is 9.72 Å². The highest BCUT2D eigenvalue weighted by molar-refractivity contribution is 5.94. The lowest BCUT2D eigenvalue weighted by molar-refractivity contribution is 0.0930. The number of hydrogen-bond acceptors (Lipinski definition) is 5. The van der Waals surface area contributed by atoms with E-state index in [0.29, 0.717) is 5.56 Å². The number of carbonyl (C=O) groups is 1. The second kappa shape index (κ2) is 7.84. The van der Waals surface area contributed by atoms with Gasteiger partial charge in [-0.05, 0) is 55.7 Å². The van der Waals surface area contributed by atoms with Crippen molar-refractivity contribution < 1.29 is 9.53 Å². The van der Waals surface area contributed by atoms with E-state index < -0.39 is 0 Å². The largest absolute Gasteiger partial charge is 0.497 e. The first-order chi connectivity index (χ1) is 13.6. The van der Waals surface area contributed by atoms with Crippen LogP contribution in [0.1, 0.15) is 28.8 Å². The zero-order valence-corrected chi connectivity index (χ0v) is 16.2. The summed E-state index contributed by atoms with van der Waals surface area (Å²) < 4.78 is 5.34. The van der Waals surface area contributed by atoms with Gasteiger partial charge in [-0.25, -0.2) is 4.98 Å². The monoisotopic (exact) mass is 376 g/mol. The Morgan fingerprint density at radius 3 is 2.75 bits per heavy atom. The minimum atomic E-state index is -0.0571. The Hall–Kier alpha value is -3.15. The van der Waals surface area contributed by atoms with Crippen LogP contribution >= 0.6 is 0 Å². The van der Waals surface area contributed by atoms with Gasteiger partial charge in [0.25, 0.3) is 5.91 Å². The van der Waals surface area contributed by atoms with Gasteiger partial charge < -0.3 is 15.0 Å². The fourth-order valence-electron chi connectivity index (χ4n) is 3.67. The maximum Gasteiger partial charge on any atom is 0.253 e. The third-order valence-corrected chi connectivity index (χ3v) is 5.29. The average molecular weight is 376 g/mol. The van der Waals surface area contributed by atoms with Crippen molar-refractivity contribution in [1.82, 2.24) is 15.3 Å². The minimum absolute atomic E-state index is 0.0571.